The van der Waals surface area contributed by atoms with Gasteiger partial charge in [-0.2, -0.15) is 0 Å². The van der Waals surface area contributed by atoms with Crippen LogP contribution in [0.5, 0.6) is 0 Å². The highest BCUT2D eigenvalue weighted by atomic mass is 16.5. The van der Waals surface area contributed by atoms with Crippen LogP contribution in [0.1, 0.15) is 56.9 Å². The van der Waals surface area contributed by atoms with Gasteiger partial charge in [-0.25, -0.2) is 9.59 Å². The molecule has 4 N–H and O–H groups in total. The molecule has 0 unspecified atom stereocenters. The SMILES string of the molecule is C#CCCC[C@@H](NC(=O)OCc1ccccc1)C(=O)O.NC1CCCCC1. The number of unbranched alkanes of at least 4 members (excludes halogenated alkanes) is 1. The number of nitrogens with one attached hydrogen (secondary N) is 1. The minimum Gasteiger partial charge on any atom is -0.480 e. The van der Waals surface area contributed by atoms with Gasteiger partial charge in [0.05, 0.1) is 0 Å². The summed E-state index contributed by atoms with van der Waals surface area (Å²) >= 11 is 0. The summed E-state index contributed by atoms with van der Waals surface area (Å²) in [5.74, 6) is 1.33. The first kappa shape index (κ1) is 22.5. The Bertz CT molecular complexity index is 592. The van der Waals surface area contributed by atoms with Gasteiger partial charge in [-0.15, -0.1) is 12.3 Å². The predicted octanol–water partition coefficient (Wildman–Crippen LogP) is 3.45. The van der Waals surface area contributed by atoms with Crippen molar-refractivity contribution in [3.8, 4) is 12.3 Å². The van der Waals surface area contributed by atoms with Crippen LogP contribution in [0.4, 0.5) is 4.79 Å². The molecule has 0 aliphatic heterocycles. The minimum absolute atomic E-state index is 0.101. The number of carboxylic acid groups (broad SMARTS) is 1. The van der Waals surface area contributed by atoms with E-state index in [1.165, 1.54) is 32.1 Å². The summed E-state index contributed by atoms with van der Waals surface area (Å²) in [6.07, 6.45) is 12.3. The van der Waals surface area contributed by atoms with Gasteiger partial charge in [0.1, 0.15) is 12.6 Å². The maximum Gasteiger partial charge on any atom is 0.408 e. The Balaban J connectivity index is 0.000000433. The Morgan fingerprint density at radius 2 is 1.93 bits per heavy atom. The van der Waals surface area contributed by atoms with Crippen LogP contribution in [0.15, 0.2) is 30.3 Å². The largest absolute Gasteiger partial charge is 0.480 e. The number of nitrogens with two attached hydrogens (primary N) is 1. The average Bonchev–Trinajstić information content (AvgIpc) is 2.67. The normalized spacial score (nSPS) is 14.8. The summed E-state index contributed by atoms with van der Waals surface area (Å²) in [7, 11) is 0. The quantitative estimate of drug-likeness (QED) is 0.501. The van der Waals surface area contributed by atoms with Crippen molar-refractivity contribution in [3.05, 3.63) is 35.9 Å². The molecule has 1 atom stereocenters. The van der Waals surface area contributed by atoms with Crippen molar-refractivity contribution in [1.29, 1.82) is 0 Å². The van der Waals surface area contributed by atoms with Gasteiger partial charge >= 0.3 is 12.1 Å². The van der Waals surface area contributed by atoms with Crippen LogP contribution < -0.4 is 11.1 Å². The number of benzene rings is 1. The Morgan fingerprint density at radius 1 is 1.26 bits per heavy atom. The predicted molar refractivity (Wildman–Crippen MR) is 105 cm³/mol. The van der Waals surface area contributed by atoms with Gasteiger partial charge in [0.2, 0.25) is 0 Å². The van der Waals surface area contributed by atoms with E-state index >= 15 is 0 Å². The maximum atomic E-state index is 11.5. The third-order valence-corrected chi connectivity index (χ3v) is 4.27. The number of alkyl carbamates (subject to hydrolysis) is 1. The lowest BCUT2D eigenvalue weighted by Crippen LogP contribution is -2.40. The molecule has 0 bridgehead atoms. The first-order chi connectivity index (χ1) is 13.0. The highest BCUT2D eigenvalue weighted by Gasteiger charge is 2.19. The smallest absolute Gasteiger partial charge is 0.408 e. The van der Waals surface area contributed by atoms with Gasteiger partial charge in [-0.3, -0.25) is 0 Å². The fourth-order valence-corrected chi connectivity index (χ4v) is 2.71. The number of terminal acetylenes is 1. The zero-order valence-electron chi connectivity index (χ0n) is 15.7. The highest BCUT2D eigenvalue weighted by Crippen LogP contribution is 2.14. The molecule has 0 radical (unpaired) electrons. The Labute approximate surface area is 161 Å². The summed E-state index contributed by atoms with van der Waals surface area (Å²) in [5, 5.41) is 11.3. The van der Waals surface area contributed by atoms with E-state index in [2.05, 4.69) is 11.2 Å². The molecule has 1 fully saturated rings. The van der Waals surface area contributed by atoms with Crippen molar-refractivity contribution in [2.45, 2.75) is 70.1 Å². The van der Waals surface area contributed by atoms with Crippen molar-refractivity contribution in [2.24, 2.45) is 5.73 Å². The molecular weight excluding hydrogens is 344 g/mol. The molecule has 1 aromatic rings. The van der Waals surface area contributed by atoms with Gasteiger partial charge in [-0.05, 0) is 31.2 Å². The van der Waals surface area contributed by atoms with Gasteiger partial charge in [0.15, 0.2) is 0 Å². The molecule has 1 aliphatic carbocycles. The van der Waals surface area contributed by atoms with Crippen molar-refractivity contribution >= 4 is 12.1 Å². The molecule has 6 heteroatoms. The van der Waals surface area contributed by atoms with E-state index in [9.17, 15) is 9.59 Å². The minimum atomic E-state index is -1.10. The number of rotatable bonds is 7. The van der Waals surface area contributed by atoms with E-state index in [4.69, 9.17) is 22.0 Å². The molecular formula is C21H30N2O4. The van der Waals surface area contributed by atoms with Crippen LogP contribution in [-0.4, -0.2) is 29.3 Å². The van der Waals surface area contributed by atoms with Gasteiger partial charge in [0.25, 0.3) is 0 Å². The lowest BCUT2D eigenvalue weighted by molar-refractivity contribution is -0.139. The summed E-state index contributed by atoms with van der Waals surface area (Å²) in [5.41, 5.74) is 6.47. The molecule has 1 amide bonds. The van der Waals surface area contributed by atoms with E-state index in [1.54, 1.807) is 0 Å². The van der Waals surface area contributed by atoms with Crippen LogP contribution in [0.2, 0.25) is 0 Å². The number of hydrogen-bond donors (Lipinski definition) is 3. The number of ether oxygens (including phenoxy) is 1. The molecule has 2 rings (SSSR count). The standard InChI is InChI=1S/C15H17NO4.C6H13N/c1-2-3-5-10-13(14(17)18)16-15(19)20-11-12-8-6-4-7-9-12;7-6-4-2-1-3-5-6/h1,4,6-9,13H,3,5,10-11H2,(H,16,19)(H,17,18);6H,1-5,7H2/t13-;/m1./s1. The second kappa shape index (κ2) is 13.7. The molecule has 0 saturated heterocycles. The number of hydrogen-bond acceptors (Lipinski definition) is 4. The zero-order valence-corrected chi connectivity index (χ0v) is 15.7. The lowest BCUT2D eigenvalue weighted by atomic mass is 9.97. The monoisotopic (exact) mass is 374 g/mol. The molecule has 27 heavy (non-hydrogen) atoms. The molecule has 0 spiro atoms. The fraction of sp³-hybridized carbons (Fsp3) is 0.524. The van der Waals surface area contributed by atoms with Crippen LogP contribution in [0.3, 0.4) is 0 Å². The van der Waals surface area contributed by atoms with E-state index in [-0.39, 0.29) is 13.0 Å². The summed E-state index contributed by atoms with van der Waals surface area (Å²) < 4.78 is 4.96. The van der Waals surface area contributed by atoms with Gasteiger partial charge < -0.3 is 20.9 Å². The number of aliphatic carboxylic acids is 1. The van der Waals surface area contributed by atoms with Crippen LogP contribution in [0, 0.1) is 12.3 Å². The number of carbonyl (C=O) groups excluding carboxylic acids is 1. The van der Waals surface area contributed by atoms with Crippen LogP contribution in [0.25, 0.3) is 0 Å². The topological polar surface area (TPSA) is 102 Å². The molecule has 148 valence electrons. The second-order valence-corrected chi connectivity index (χ2v) is 6.59. The average molecular weight is 374 g/mol. The summed E-state index contributed by atoms with van der Waals surface area (Å²) in [6.45, 7) is 0.101. The first-order valence-electron chi connectivity index (χ1n) is 9.42. The molecule has 1 aliphatic rings. The third kappa shape index (κ3) is 10.9. The fourth-order valence-electron chi connectivity index (χ4n) is 2.71. The van der Waals surface area contributed by atoms with Crippen LogP contribution in [-0.2, 0) is 16.1 Å². The zero-order chi connectivity index (χ0) is 19.9. The molecule has 0 heterocycles. The Kier molecular flexibility index (Phi) is 11.4. The van der Waals surface area contributed by atoms with Crippen molar-refractivity contribution in [1.82, 2.24) is 5.32 Å². The number of amides is 1. The number of carboxylic acids is 1. The van der Waals surface area contributed by atoms with Crippen molar-refractivity contribution in [3.63, 3.8) is 0 Å². The van der Waals surface area contributed by atoms with Gasteiger partial charge in [-0.1, -0.05) is 49.6 Å². The van der Waals surface area contributed by atoms with E-state index in [1.807, 2.05) is 30.3 Å². The summed E-state index contributed by atoms with van der Waals surface area (Å²) in [6, 6.07) is 8.70. The van der Waals surface area contributed by atoms with Crippen molar-refractivity contribution < 1.29 is 19.4 Å². The van der Waals surface area contributed by atoms with E-state index < -0.39 is 18.1 Å². The molecule has 0 aromatic heterocycles. The second-order valence-electron chi connectivity index (χ2n) is 6.59. The van der Waals surface area contributed by atoms with E-state index in [0.717, 1.165) is 5.56 Å². The van der Waals surface area contributed by atoms with Crippen LogP contribution >= 0.6 is 0 Å². The molecule has 1 aromatic carbocycles. The Morgan fingerprint density at radius 3 is 2.44 bits per heavy atom. The highest BCUT2D eigenvalue weighted by molar-refractivity contribution is 5.79. The molecule has 6 nitrogen and oxygen atoms in total. The summed E-state index contributed by atoms with van der Waals surface area (Å²) in [4.78, 5) is 22.5. The van der Waals surface area contributed by atoms with Gasteiger partial charge in [0, 0.05) is 12.5 Å². The Hall–Kier alpha value is -2.52. The number of carbonyl (C=O) groups is 2. The van der Waals surface area contributed by atoms with Crippen molar-refractivity contribution in [2.75, 3.05) is 0 Å². The third-order valence-electron chi connectivity index (χ3n) is 4.27. The molecule has 1 saturated carbocycles. The van der Waals surface area contributed by atoms with E-state index in [0.29, 0.717) is 18.9 Å². The maximum absolute atomic E-state index is 11.5. The first-order valence-corrected chi connectivity index (χ1v) is 9.42. The lowest BCUT2D eigenvalue weighted by Gasteiger charge is -2.15.